The van der Waals surface area contributed by atoms with Gasteiger partial charge in [0.25, 0.3) is 0 Å². The van der Waals surface area contributed by atoms with Crippen molar-refractivity contribution >= 4 is 28.8 Å². The van der Waals surface area contributed by atoms with Gasteiger partial charge in [0.05, 0.1) is 19.6 Å². The Morgan fingerprint density at radius 3 is 2.78 bits per heavy atom. The average Bonchev–Trinajstić information content (AvgIpc) is 3.17. The van der Waals surface area contributed by atoms with Crippen molar-refractivity contribution in [3.8, 4) is 5.75 Å². The van der Waals surface area contributed by atoms with Gasteiger partial charge in [-0.2, -0.15) is 0 Å². The normalized spacial score (nSPS) is 17.3. The quantitative estimate of drug-likeness (QED) is 0.914. The van der Waals surface area contributed by atoms with Gasteiger partial charge in [-0.25, -0.2) is 0 Å². The number of anilines is 1. The van der Waals surface area contributed by atoms with Crippen molar-refractivity contribution in [2.45, 2.75) is 18.9 Å². The molecule has 0 spiro atoms. The van der Waals surface area contributed by atoms with Crippen LogP contribution >= 0.6 is 11.3 Å². The molecule has 1 aliphatic heterocycles. The third kappa shape index (κ3) is 3.71. The number of carbonyl (C=O) groups is 2. The van der Waals surface area contributed by atoms with Crippen molar-refractivity contribution < 1.29 is 14.3 Å². The summed E-state index contributed by atoms with van der Waals surface area (Å²) in [5.74, 6) is 0.736. The first-order chi connectivity index (χ1) is 11.2. The molecule has 0 bridgehead atoms. The van der Waals surface area contributed by atoms with Crippen molar-refractivity contribution in [3.05, 3.63) is 46.7 Å². The monoisotopic (exact) mass is 330 g/mol. The molecule has 3 rings (SSSR count). The highest BCUT2D eigenvalue weighted by Gasteiger charge is 2.31. The van der Waals surface area contributed by atoms with Crippen LogP contribution in [0.25, 0.3) is 0 Å². The van der Waals surface area contributed by atoms with Crippen LogP contribution in [0.1, 0.15) is 11.3 Å². The van der Waals surface area contributed by atoms with Crippen LogP contribution < -0.4 is 15.0 Å². The summed E-state index contributed by atoms with van der Waals surface area (Å²) in [4.78, 5) is 27.0. The summed E-state index contributed by atoms with van der Waals surface area (Å²) in [7, 11) is 1.61. The van der Waals surface area contributed by atoms with E-state index < -0.39 is 0 Å². The Bertz CT molecular complexity index is 682. The van der Waals surface area contributed by atoms with Crippen molar-refractivity contribution in [1.82, 2.24) is 5.32 Å². The number of benzene rings is 1. The molecule has 0 saturated carbocycles. The summed E-state index contributed by atoms with van der Waals surface area (Å²) in [6, 6.07) is 11.1. The highest BCUT2D eigenvalue weighted by atomic mass is 32.1. The zero-order valence-corrected chi connectivity index (χ0v) is 13.6. The summed E-state index contributed by atoms with van der Waals surface area (Å²) in [5.41, 5.74) is 0.825. The second-order valence-corrected chi connectivity index (χ2v) is 6.46. The van der Waals surface area contributed by atoms with E-state index in [1.165, 1.54) is 0 Å². The fourth-order valence-corrected chi connectivity index (χ4v) is 3.37. The molecule has 1 atom stereocenters. The molecular formula is C17H18N2O3S. The summed E-state index contributed by atoms with van der Waals surface area (Å²) in [5, 5.41) is 4.90. The Morgan fingerprint density at radius 1 is 1.35 bits per heavy atom. The lowest BCUT2D eigenvalue weighted by Crippen LogP contribution is -2.37. The van der Waals surface area contributed by atoms with Crippen LogP contribution in [-0.4, -0.2) is 31.5 Å². The maximum absolute atomic E-state index is 12.2. The minimum Gasteiger partial charge on any atom is -0.497 e. The fraction of sp³-hybridized carbons (Fsp3) is 0.294. The lowest BCUT2D eigenvalue weighted by Gasteiger charge is -2.17. The first kappa shape index (κ1) is 15.6. The number of methoxy groups -OCH3 is 1. The Balaban J connectivity index is 1.59. The maximum Gasteiger partial charge on any atom is 0.229 e. The van der Waals surface area contributed by atoms with Gasteiger partial charge in [0.15, 0.2) is 0 Å². The molecule has 2 amide bonds. The number of ether oxygens (including phenoxy) is 1. The summed E-state index contributed by atoms with van der Waals surface area (Å²) >= 11 is 1.56. The molecule has 1 aromatic heterocycles. The van der Waals surface area contributed by atoms with Gasteiger partial charge < -0.3 is 15.0 Å². The lowest BCUT2D eigenvalue weighted by molar-refractivity contribution is -0.121. The van der Waals surface area contributed by atoms with E-state index in [0.717, 1.165) is 16.3 Å². The first-order valence-corrected chi connectivity index (χ1v) is 8.30. The van der Waals surface area contributed by atoms with E-state index in [2.05, 4.69) is 5.32 Å². The van der Waals surface area contributed by atoms with Crippen molar-refractivity contribution in [2.75, 3.05) is 18.6 Å². The number of amides is 2. The van der Waals surface area contributed by atoms with E-state index in [1.807, 2.05) is 41.8 Å². The Hall–Kier alpha value is -2.34. The molecule has 0 aliphatic carbocycles. The number of rotatable bonds is 5. The van der Waals surface area contributed by atoms with Gasteiger partial charge in [-0.1, -0.05) is 6.07 Å². The molecule has 0 radical (unpaired) electrons. The smallest absolute Gasteiger partial charge is 0.229 e. The molecule has 120 valence electrons. The minimum atomic E-state index is -0.142. The largest absolute Gasteiger partial charge is 0.497 e. The molecule has 2 heterocycles. The molecule has 23 heavy (non-hydrogen) atoms. The molecule has 1 aromatic carbocycles. The van der Waals surface area contributed by atoms with Gasteiger partial charge >= 0.3 is 0 Å². The zero-order valence-electron chi connectivity index (χ0n) is 12.8. The highest BCUT2D eigenvalue weighted by Crippen LogP contribution is 2.24. The molecule has 1 fully saturated rings. The molecule has 1 aliphatic rings. The number of thiophene rings is 1. The molecule has 5 nitrogen and oxygen atoms in total. The van der Waals surface area contributed by atoms with Crippen LogP contribution in [0.15, 0.2) is 41.8 Å². The third-order valence-electron chi connectivity index (χ3n) is 3.79. The van der Waals surface area contributed by atoms with Gasteiger partial charge in [-0.3, -0.25) is 9.59 Å². The number of nitrogens with one attached hydrogen (secondary N) is 1. The topological polar surface area (TPSA) is 58.6 Å². The summed E-state index contributed by atoms with van der Waals surface area (Å²) in [6.07, 6.45) is 0.701. The Morgan fingerprint density at radius 2 is 2.13 bits per heavy atom. The van der Waals surface area contributed by atoms with E-state index >= 15 is 0 Å². The lowest BCUT2D eigenvalue weighted by atomic mass is 10.2. The zero-order chi connectivity index (χ0) is 16.2. The molecule has 2 aromatic rings. The molecule has 0 unspecified atom stereocenters. The first-order valence-electron chi connectivity index (χ1n) is 7.42. The summed E-state index contributed by atoms with van der Waals surface area (Å²) in [6.45, 7) is 0.501. The van der Waals surface area contributed by atoms with Crippen molar-refractivity contribution in [3.63, 3.8) is 0 Å². The maximum atomic E-state index is 12.2. The van der Waals surface area contributed by atoms with E-state index in [0.29, 0.717) is 19.4 Å². The summed E-state index contributed by atoms with van der Waals surface area (Å²) < 4.78 is 5.12. The van der Waals surface area contributed by atoms with Gasteiger partial charge in [0, 0.05) is 23.5 Å². The predicted octanol–water partition coefficient (Wildman–Crippen LogP) is 2.22. The van der Waals surface area contributed by atoms with Gasteiger partial charge in [0.1, 0.15) is 5.75 Å². The van der Waals surface area contributed by atoms with Gasteiger partial charge in [-0.15, -0.1) is 11.3 Å². The fourth-order valence-electron chi connectivity index (χ4n) is 2.67. The van der Waals surface area contributed by atoms with Crippen molar-refractivity contribution in [1.29, 1.82) is 0 Å². The molecule has 1 N–H and O–H groups in total. The molecular weight excluding hydrogens is 312 g/mol. The number of nitrogens with zero attached hydrogens (tertiary/aromatic N) is 1. The Kier molecular flexibility index (Phi) is 4.62. The molecule has 6 heteroatoms. The Labute approximate surface area is 138 Å². The van der Waals surface area contributed by atoms with Crippen molar-refractivity contribution in [2.24, 2.45) is 0 Å². The van der Waals surface area contributed by atoms with Gasteiger partial charge in [-0.05, 0) is 35.7 Å². The van der Waals surface area contributed by atoms with E-state index in [4.69, 9.17) is 4.74 Å². The van der Waals surface area contributed by atoms with E-state index in [-0.39, 0.29) is 17.9 Å². The van der Waals surface area contributed by atoms with Crippen LogP contribution in [0, 0.1) is 0 Å². The SMILES string of the molecule is COc1ccc(N2C[C@@H](NC(=O)Cc3cccs3)CC2=O)cc1. The molecule has 1 saturated heterocycles. The minimum absolute atomic E-state index is 0.0246. The number of hydrogen-bond donors (Lipinski definition) is 1. The van der Waals surface area contributed by atoms with Crippen LogP contribution in [0.5, 0.6) is 5.75 Å². The average molecular weight is 330 g/mol. The predicted molar refractivity (Wildman–Crippen MR) is 89.9 cm³/mol. The number of carbonyl (C=O) groups excluding carboxylic acids is 2. The highest BCUT2D eigenvalue weighted by molar-refractivity contribution is 7.10. The van der Waals surface area contributed by atoms with E-state index in [1.54, 1.807) is 23.3 Å². The second kappa shape index (κ2) is 6.83. The van der Waals surface area contributed by atoms with Crippen LogP contribution in [-0.2, 0) is 16.0 Å². The van der Waals surface area contributed by atoms with Crippen LogP contribution in [0.3, 0.4) is 0 Å². The van der Waals surface area contributed by atoms with Crippen LogP contribution in [0.2, 0.25) is 0 Å². The van der Waals surface area contributed by atoms with E-state index in [9.17, 15) is 9.59 Å². The van der Waals surface area contributed by atoms with Crippen LogP contribution in [0.4, 0.5) is 5.69 Å². The standard InChI is InChI=1S/C17H18N2O3S/c1-22-14-6-4-13(5-7-14)19-11-12(9-17(19)21)18-16(20)10-15-3-2-8-23-15/h2-8,12H,9-11H2,1H3,(H,18,20)/t12-/m0/s1. The number of hydrogen-bond acceptors (Lipinski definition) is 4. The third-order valence-corrected chi connectivity index (χ3v) is 4.67. The second-order valence-electron chi connectivity index (χ2n) is 5.43. The van der Waals surface area contributed by atoms with Gasteiger partial charge in [0.2, 0.25) is 11.8 Å².